The van der Waals surface area contributed by atoms with Crippen LogP contribution in [0.2, 0.25) is 0 Å². The second-order valence-corrected chi connectivity index (χ2v) is 7.50. The van der Waals surface area contributed by atoms with Gasteiger partial charge in [-0.3, -0.25) is 9.59 Å². The van der Waals surface area contributed by atoms with Crippen molar-refractivity contribution in [1.29, 1.82) is 0 Å². The zero-order valence-corrected chi connectivity index (χ0v) is 16.0. The van der Waals surface area contributed by atoms with Gasteiger partial charge in [-0.1, -0.05) is 45.4 Å². The number of hydrogen-bond acceptors (Lipinski definition) is 3. The number of hydrogen-bond donors (Lipinski definition) is 2. The molecule has 0 amide bonds. The summed E-state index contributed by atoms with van der Waals surface area (Å²) in [5.74, 6) is -0.398. The molecule has 0 radical (unpaired) electrons. The Morgan fingerprint density at radius 1 is 0.917 bits per heavy atom. The maximum absolute atomic E-state index is 11.8. The zero-order valence-electron chi connectivity index (χ0n) is 16.0. The molecule has 0 heterocycles. The van der Waals surface area contributed by atoms with E-state index in [9.17, 15) is 14.7 Å². The lowest BCUT2D eigenvalue weighted by atomic mass is 9.87. The Bertz CT molecular complexity index is 350. The SMILES string of the molecule is CCCCC[C@](C)(O)CCC[C@@H](CCCCCCC(=O)O)C(C)=O. The second kappa shape index (κ2) is 13.4. The van der Waals surface area contributed by atoms with Crippen LogP contribution >= 0.6 is 0 Å². The summed E-state index contributed by atoms with van der Waals surface area (Å²) in [7, 11) is 0. The number of carboxylic acids is 1. The number of unbranched alkanes of at least 4 members (excludes halogenated alkanes) is 5. The molecule has 0 aromatic rings. The summed E-state index contributed by atoms with van der Waals surface area (Å²) < 4.78 is 0. The van der Waals surface area contributed by atoms with Crippen molar-refractivity contribution in [2.45, 2.75) is 110 Å². The highest BCUT2D eigenvalue weighted by Crippen LogP contribution is 2.25. The normalized spacial score (nSPS) is 15.0. The molecule has 2 atom stereocenters. The fourth-order valence-corrected chi connectivity index (χ4v) is 3.18. The molecule has 24 heavy (non-hydrogen) atoms. The highest BCUT2D eigenvalue weighted by Gasteiger charge is 2.21. The topological polar surface area (TPSA) is 74.6 Å². The molecular weight excluding hydrogens is 304 g/mol. The zero-order chi connectivity index (χ0) is 18.4. The van der Waals surface area contributed by atoms with Gasteiger partial charge in [-0.2, -0.15) is 0 Å². The summed E-state index contributed by atoms with van der Waals surface area (Å²) in [6.07, 6.45) is 11.5. The van der Waals surface area contributed by atoms with Crippen molar-refractivity contribution in [1.82, 2.24) is 0 Å². The van der Waals surface area contributed by atoms with Gasteiger partial charge in [0.05, 0.1) is 5.60 Å². The first kappa shape index (κ1) is 23.1. The summed E-state index contributed by atoms with van der Waals surface area (Å²) in [5, 5.41) is 19.0. The van der Waals surface area contributed by atoms with E-state index >= 15 is 0 Å². The molecule has 0 spiro atoms. The van der Waals surface area contributed by atoms with Crippen LogP contribution < -0.4 is 0 Å². The van der Waals surface area contributed by atoms with Crippen LogP contribution in [0.15, 0.2) is 0 Å². The van der Waals surface area contributed by atoms with Crippen LogP contribution in [0.3, 0.4) is 0 Å². The minimum absolute atomic E-state index is 0.0934. The van der Waals surface area contributed by atoms with E-state index < -0.39 is 11.6 Å². The lowest BCUT2D eigenvalue weighted by Crippen LogP contribution is -2.24. The quantitative estimate of drug-likeness (QED) is 0.382. The maximum atomic E-state index is 11.8. The average Bonchev–Trinajstić information content (AvgIpc) is 2.48. The van der Waals surface area contributed by atoms with E-state index in [0.29, 0.717) is 0 Å². The summed E-state index contributed by atoms with van der Waals surface area (Å²) in [6.45, 7) is 5.73. The van der Waals surface area contributed by atoms with Crippen LogP contribution in [0.5, 0.6) is 0 Å². The number of Topliss-reactive ketones (excluding diaryl/α,β-unsaturated/α-hetero) is 1. The van der Waals surface area contributed by atoms with Gasteiger partial charge >= 0.3 is 5.97 Å². The van der Waals surface area contributed by atoms with Crippen molar-refractivity contribution >= 4 is 11.8 Å². The van der Waals surface area contributed by atoms with Crippen molar-refractivity contribution in [3.05, 3.63) is 0 Å². The third-order valence-corrected chi connectivity index (χ3v) is 4.85. The molecular formula is C20H38O4. The molecule has 4 heteroatoms. The Morgan fingerprint density at radius 2 is 1.50 bits per heavy atom. The minimum Gasteiger partial charge on any atom is -0.481 e. The van der Waals surface area contributed by atoms with Gasteiger partial charge in [-0.15, -0.1) is 0 Å². The van der Waals surface area contributed by atoms with E-state index in [-0.39, 0.29) is 18.1 Å². The minimum atomic E-state index is -0.734. The van der Waals surface area contributed by atoms with Gasteiger partial charge in [0, 0.05) is 12.3 Å². The average molecular weight is 343 g/mol. The first-order valence-corrected chi connectivity index (χ1v) is 9.73. The number of rotatable bonds is 16. The summed E-state index contributed by atoms with van der Waals surface area (Å²) in [5.41, 5.74) is -0.604. The van der Waals surface area contributed by atoms with Crippen molar-refractivity contribution in [2.24, 2.45) is 5.92 Å². The molecule has 4 nitrogen and oxygen atoms in total. The smallest absolute Gasteiger partial charge is 0.303 e. The highest BCUT2D eigenvalue weighted by atomic mass is 16.4. The fourth-order valence-electron chi connectivity index (χ4n) is 3.18. The molecule has 0 aromatic carbocycles. The lowest BCUT2D eigenvalue weighted by Gasteiger charge is -2.24. The standard InChI is InChI=1S/C20H38O4/c1-4-5-10-15-20(3,24)16-11-13-18(17(2)21)12-8-6-7-9-14-19(22)23/h18,24H,4-16H2,1-3H3,(H,22,23)/t18-,20+/m1/s1. The summed E-state index contributed by atoms with van der Waals surface area (Å²) >= 11 is 0. The molecule has 0 aliphatic heterocycles. The number of aliphatic carboxylic acids is 1. The maximum Gasteiger partial charge on any atom is 0.303 e. The van der Waals surface area contributed by atoms with Gasteiger partial charge in [0.25, 0.3) is 0 Å². The number of carbonyl (C=O) groups is 2. The van der Waals surface area contributed by atoms with Gasteiger partial charge < -0.3 is 10.2 Å². The highest BCUT2D eigenvalue weighted by molar-refractivity contribution is 5.78. The Morgan fingerprint density at radius 3 is 2.08 bits per heavy atom. The van der Waals surface area contributed by atoms with Crippen LogP contribution in [0.1, 0.15) is 104 Å². The van der Waals surface area contributed by atoms with Gasteiger partial charge in [-0.05, 0) is 52.4 Å². The molecule has 0 unspecified atom stereocenters. The molecule has 0 bridgehead atoms. The van der Waals surface area contributed by atoms with E-state index in [0.717, 1.165) is 77.0 Å². The molecule has 0 rings (SSSR count). The van der Waals surface area contributed by atoms with Crippen LogP contribution in [0.4, 0.5) is 0 Å². The Hall–Kier alpha value is -0.900. The molecule has 0 aliphatic rings. The number of carbonyl (C=O) groups excluding carboxylic acids is 1. The van der Waals surface area contributed by atoms with Crippen LogP contribution in [0.25, 0.3) is 0 Å². The monoisotopic (exact) mass is 342 g/mol. The molecule has 0 aromatic heterocycles. The van der Waals surface area contributed by atoms with E-state index in [1.54, 1.807) is 6.92 Å². The Kier molecular flexibility index (Phi) is 12.9. The van der Waals surface area contributed by atoms with Crippen LogP contribution in [0, 0.1) is 5.92 Å². The largest absolute Gasteiger partial charge is 0.481 e. The molecule has 0 aliphatic carbocycles. The van der Waals surface area contributed by atoms with Gasteiger partial charge in [0.15, 0.2) is 0 Å². The molecule has 2 N–H and O–H groups in total. The first-order chi connectivity index (χ1) is 11.3. The molecule has 142 valence electrons. The summed E-state index contributed by atoms with van der Waals surface area (Å²) in [4.78, 5) is 22.2. The number of aliphatic hydroxyl groups is 1. The number of ketones is 1. The molecule has 0 saturated heterocycles. The Labute approximate surface area is 148 Å². The fraction of sp³-hybridized carbons (Fsp3) is 0.900. The Balaban J connectivity index is 3.91. The van der Waals surface area contributed by atoms with E-state index in [1.807, 2.05) is 6.92 Å². The van der Waals surface area contributed by atoms with Gasteiger partial charge in [-0.25, -0.2) is 0 Å². The van der Waals surface area contributed by atoms with Crippen molar-refractivity contribution < 1.29 is 19.8 Å². The van der Waals surface area contributed by atoms with Crippen molar-refractivity contribution in [2.75, 3.05) is 0 Å². The van der Waals surface area contributed by atoms with Crippen molar-refractivity contribution in [3.8, 4) is 0 Å². The molecule has 0 saturated carbocycles. The van der Waals surface area contributed by atoms with E-state index in [1.165, 1.54) is 0 Å². The predicted molar refractivity (Wildman–Crippen MR) is 98.1 cm³/mol. The summed E-state index contributed by atoms with van der Waals surface area (Å²) in [6, 6.07) is 0. The lowest BCUT2D eigenvalue weighted by molar-refractivity contribution is -0.137. The van der Waals surface area contributed by atoms with Crippen molar-refractivity contribution in [3.63, 3.8) is 0 Å². The molecule has 0 fully saturated rings. The number of carboxylic acid groups (broad SMARTS) is 1. The first-order valence-electron chi connectivity index (χ1n) is 9.73. The van der Waals surface area contributed by atoms with Gasteiger partial charge in [0.2, 0.25) is 0 Å². The van der Waals surface area contributed by atoms with Gasteiger partial charge in [0.1, 0.15) is 5.78 Å². The predicted octanol–water partition coefficient (Wildman–Crippen LogP) is 5.12. The second-order valence-electron chi connectivity index (χ2n) is 7.50. The third-order valence-electron chi connectivity index (χ3n) is 4.85. The van der Waals surface area contributed by atoms with Crippen LogP contribution in [-0.4, -0.2) is 27.6 Å². The van der Waals surface area contributed by atoms with E-state index in [4.69, 9.17) is 5.11 Å². The van der Waals surface area contributed by atoms with E-state index in [2.05, 4.69) is 6.92 Å². The third kappa shape index (κ3) is 13.5. The van der Waals surface area contributed by atoms with Crippen LogP contribution in [-0.2, 0) is 9.59 Å².